The molecule has 0 bridgehead atoms. The van der Waals surface area contributed by atoms with Crippen LogP contribution in [0.15, 0.2) is 41.0 Å². The van der Waals surface area contributed by atoms with Crippen LogP contribution in [-0.4, -0.2) is 6.04 Å². The first-order chi connectivity index (χ1) is 9.15. The van der Waals surface area contributed by atoms with Gasteiger partial charge in [-0.15, -0.1) is 0 Å². The predicted molar refractivity (Wildman–Crippen MR) is 74.5 cm³/mol. The molecule has 0 fully saturated rings. The third kappa shape index (κ3) is 4.21. The molecule has 1 atom stereocenters. The lowest BCUT2D eigenvalue weighted by Gasteiger charge is -2.13. The lowest BCUT2D eigenvalue weighted by Crippen LogP contribution is -2.26. The molecule has 1 unspecified atom stereocenters. The van der Waals surface area contributed by atoms with Crippen molar-refractivity contribution in [1.82, 2.24) is 5.32 Å². The molecule has 0 aliphatic rings. The minimum atomic E-state index is -0.144. The molecule has 19 heavy (non-hydrogen) atoms. The summed E-state index contributed by atoms with van der Waals surface area (Å²) >= 11 is 0. The number of hydrogen-bond acceptors (Lipinski definition) is 2. The molecule has 2 nitrogen and oxygen atoms in total. The molecule has 0 spiro atoms. The van der Waals surface area contributed by atoms with Gasteiger partial charge in [-0.1, -0.05) is 12.1 Å². The van der Waals surface area contributed by atoms with Gasteiger partial charge < -0.3 is 9.73 Å². The first kappa shape index (κ1) is 13.8. The van der Waals surface area contributed by atoms with Crippen LogP contribution in [0.5, 0.6) is 0 Å². The second kappa shape index (κ2) is 6.53. The van der Waals surface area contributed by atoms with Crippen LogP contribution in [0.1, 0.15) is 30.2 Å². The summed E-state index contributed by atoms with van der Waals surface area (Å²) < 4.78 is 18.5. The van der Waals surface area contributed by atoms with Gasteiger partial charge in [0.25, 0.3) is 0 Å². The molecule has 102 valence electrons. The SMILES string of the molecule is Cc1cc(CNC(C)CCc2ccco2)ccc1F. The molecular weight excluding hydrogens is 241 g/mol. The third-order valence-electron chi connectivity index (χ3n) is 3.28. The van der Waals surface area contributed by atoms with Gasteiger partial charge in [-0.3, -0.25) is 0 Å². The van der Waals surface area contributed by atoms with Crippen molar-refractivity contribution >= 4 is 0 Å². The van der Waals surface area contributed by atoms with Gasteiger partial charge in [0.1, 0.15) is 11.6 Å². The average Bonchev–Trinajstić information content (AvgIpc) is 2.91. The molecule has 0 saturated heterocycles. The van der Waals surface area contributed by atoms with Crippen LogP contribution in [0.4, 0.5) is 4.39 Å². The van der Waals surface area contributed by atoms with Crippen molar-refractivity contribution in [3.63, 3.8) is 0 Å². The highest BCUT2D eigenvalue weighted by Gasteiger charge is 2.05. The van der Waals surface area contributed by atoms with Crippen LogP contribution in [-0.2, 0) is 13.0 Å². The van der Waals surface area contributed by atoms with Crippen molar-refractivity contribution in [2.45, 2.75) is 39.3 Å². The fourth-order valence-electron chi connectivity index (χ4n) is 2.02. The van der Waals surface area contributed by atoms with Gasteiger partial charge in [-0.2, -0.15) is 0 Å². The zero-order valence-corrected chi connectivity index (χ0v) is 11.4. The fourth-order valence-corrected chi connectivity index (χ4v) is 2.02. The van der Waals surface area contributed by atoms with Crippen LogP contribution >= 0.6 is 0 Å². The zero-order valence-electron chi connectivity index (χ0n) is 11.4. The van der Waals surface area contributed by atoms with Gasteiger partial charge in [0.2, 0.25) is 0 Å². The molecule has 1 heterocycles. The number of furan rings is 1. The number of aryl methyl sites for hydroxylation is 2. The Morgan fingerprint density at radius 3 is 2.84 bits per heavy atom. The van der Waals surface area contributed by atoms with Crippen LogP contribution < -0.4 is 5.32 Å². The first-order valence-electron chi connectivity index (χ1n) is 6.66. The predicted octanol–water partition coefficient (Wildman–Crippen LogP) is 3.84. The van der Waals surface area contributed by atoms with Crippen LogP contribution in [0.3, 0.4) is 0 Å². The van der Waals surface area contributed by atoms with E-state index in [0.717, 1.165) is 30.7 Å². The standard InChI is InChI=1S/C16H20FNO/c1-12-10-14(6-8-16(12)17)11-18-13(2)5-7-15-4-3-9-19-15/h3-4,6,8-10,13,18H,5,7,11H2,1-2H3. The molecule has 2 aromatic rings. The van der Waals surface area contributed by atoms with Gasteiger partial charge >= 0.3 is 0 Å². The summed E-state index contributed by atoms with van der Waals surface area (Å²) in [6.45, 7) is 4.71. The fraction of sp³-hybridized carbons (Fsp3) is 0.375. The van der Waals surface area contributed by atoms with Crippen molar-refractivity contribution in [2.24, 2.45) is 0 Å². The topological polar surface area (TPSA) is 25.2 Å². The summed E-state index contributed by atoms with van der Waals surface area (Å²) in [7, 11) is 0. The van der Waals surface area contributed by atoms with E-state index >= 15 is 0 Å². The molecule has 0 amide bonds. The van der Waals surface area contributed by atoms with E-state index in [2.05, 4.69) is 12.2 Å². The molecule has 0 aliphatic heterocycles. The molecule has 2 rings (SSSR count). The van der Waals surface area contributed by atoms with E-state index in [-0.39, 0.29) is 5.82 Å². The van der Waals surface area contributed by atoms with Crippen LogP contribution in [0.2, 0.25) is 0 Å². The zero-order chi connectivity index (χ0) is 13.7. The average molecular weight is 261 g/mol. The minimum absolute atomic E-state index is 0.144. The Balaban J connectivity index is 1.76. The number of benzene rings is 1. The lowest BCUT2D eigenvalue weighted by molar-refractivity contribution is 0.459. The number of hydrogen-bond donors (Lipinski definition) is 1. The highest BCUT2D eigenvalue weighted by atomic mass is 19.1. The van der Waals surface area contributed by atoms with Crippen molar-refractivity contribution in [3.8, 4) is 0 Å². The largest absolute Gasteiger partial charge is 0.469 e. The highest BCUT2D eigenvalue weighted by Crippen LogP contribution is 2.10. The Labute approximate surface area is 113 Å². The number of rotatable bonds is 6. The smallest absolute Gasteiger partial charge is 0.126 e. The molecule has 0 radical (unpaired) electrons. The maximum absolute atomic E-state index is 13.1. The highest BCUT2D eigenvalue weighted by molar-refractivity contribution is 5.23. The Hall–Kier alpha value is -1.61. The Kier molecular flexibility index (Phi) is 4.74. The van der Waals surface area contributed by atoms with Crippen molar-refractivity contribution in [1.29, 1.82) is 0 Å². The summed E-state index contributed by atoms with van der Waals surface area (Å²) in [5.41, 5.74) is 1.81. The molecule has 1 N–H and O–H groups in total. The second-order valence-electron chi connectivity index (χ2n) is 4.98. The van der Waals surface area contributed by atoms with E-state index in [4.69, 9.17) is 4.42 Å². The summed E-state index contributed by atoms with van der Waals surface area (Å²) in [5, 5.41) is 3.44. The van der Waals surface area contributed by atoms with E-state index in [1.54, 1.807) is 13.2 Å². The van der Waals surface area contributed by atoms with Gasteiger partial charge in [-0.05, 0) is 49.6 Å². The maximum atomic E-state index is 13.1. The molecule has 1 aromatic carbocycles. The molecular formula is C16H20FNO. The van der Waals surface area contributed by atoms with E-state index in [0.29, 0.717) is 11.6 Å². The molecule has 0 saturated carbocycles. The quantitative estimate of drug-likeness (QED) is 0.854. The second-order valence-corrected chi connectivity index (χ2v) is 4.98. The monoisotopic (exact) mass is 261 g/mol. The Morgan fingerprint density at radius 2 is 2.16 bits per heavy atom. The lowest BCUT2D eigenvalue weighted by atomic mass is 10.1. The number of nitrogens with one attached hydrogen (secondary N) is 1. The van der Waals surface area contributed by atoms with Crippen molar-refractivity contribution in [3.05, 3.63) is 59.3 Å². The van der Waals surface area contributed by atoms with Crippen LogP contribution in [0, 0.1) is 12.7 Å². The summed E-state index contributed by atoms with van der Waals surface area (Å²) in [5.74, 6) is 0.876. The van der Waals surface area contributed by atoms with E-state index in [1.807, 2.05) is 24.3 Å². The Morgan fingerprint density at radius 1 is 1.32 bits per heavy atom. The molecule has 1 aromatic heterocycles. The third-order valence-corrected chi connectivity index (χ3v) is 3.28. The molecule has 0 aliphatic carbocycles. The molecule has 3 heteroatoms. The summed E-state index contributed by atoms with van der Waals surface area (Å²) in [6.07, 6.45) is 3.66. The van der Waals surface area contributed by atoms with E-state index < -0.39 is 0 Å². The number of halogens is 1. The summed E-state index contributed by atoms with van der Waals surface area (Å²) in [6, 6.07) is 9.55. The summed E-state index contributed by atoms with van der Waals surface area (Å²) in [4.78, 5) is 0. The van der Waals surface area contributed by atoms with Gasteiger partial charge in [0, 0.05) is 19.0 Å². The Bertz CT molecular complexity index is 507. The normalized spacial score (nSPS) is 12.6. The maximum Gasteiger partial charge on any atom is 0.126 e. The van der Waals surface area contributed by atoms with Crippen LogP contribution in [0.25, 0.3) is 0 Å². The van der Waals surface area contributed by atoms with Gasteiger partial charge in [0.15, 0.2) is 0 Å². The van der Waals surface area contributed by atoms with Crippen molar-refractivity contribution in [2.75, 3.05) is 0 Å². The van der Waals surface area contributed by atoms with E-state index in [1.165, 1.54) is 6.07 Å². The van der Waals surface area contributed by atoms with Gasteiger partial charge in [-0.25, -0.2) is 4.39 Å². The van der Waals surface area contributed by atoms with Crippen molar-refractivity contribution < 1.29 is 8.81 Å². The first-order valence-corrected chi connectivity index (χ1v) is 6.66. The van der Waals surface area contributed by atoms with Gasteiger partial charge in [0.05, 0.1) is 6.26 Å². The van der Waals surface area contributed by atoms with E-state index in [9.17, 15) is 4.39 Å². The minimum Gasteiger partial charge on any atom is -0.469 e.